The molecular weight excluding hydrogens is 252 g/mol. The van der Waals surface area contributed by atoms with Crippen LogP contribution in [0.2, 0.25) is 0 Å². The van der Waals surface area contributed by atoms with Gasteiger partial charge in [0.05, 0.1) is 0 Å². The van der Waals surface area contributed by atoms with Gasteiger partial charge < -0.3 is 0 Å². The average molecular weight is 274 g/mol. The summed E-state index contributed by atoms with van der Waals surface area (Å²) in [6.45, 7) is 8.90. The lowest BCUT2D eigenvalue weighted by molar-refractivity contribution is 0.591. The van der Waals surface area contributed by atoms with E-state index in [9.17, 15) is 0 Å². The molecule has 0 heteroatoms. The summed E-state index contributed by atoms with van der Waals surface area (Å²) in [5.74, 6) is 0. The molecule has 106 valence electrons. The average Bonchev–Trinajstić information content (AvgIpc) is 2.46. The van der Waals surface area contributed by atoms with Crippen molar-refractivity contribution in [1.82, 2.24) is 0 Å². The van der Waals surface area contributed by atoms with Gasteiger partial charge >= 0.3 is 0 Å². The maximum absolute atomic E-state index is 2.31. The number of hydrogen-bond donors (Lipinski definition) is 0. The van der Waals surface area contributed by atoms with Crippen LogP contribution in [-0.2, 0) is 5.41 Å². The van der Waals surface area contributed by atoms with E-state index in [0.717, 1.165) is 0 Å². The molecule has 0 radical (unpaired) electrons. The Hall–Kier alpha value is -2.08. The second-order valence-electron chi connectivity index (χ2n) is 6.89. The number of benzene rings is 3. The molecular formula is C21H22. The fraction of sp³-hybridized carbons (Fsp3) is 0.238. The largest absolute Gasteiger partial charge is 0.0587 e. The highest BCUT2D eigenvalue weighted by atomic mass is 14.2. The molecule has 0 heterocycles. The van der Waals surface area contributed by atoms with Gasteiger partial charge in [-0.3, -0.25) is 0 Å². The Morgan fingerprint density at radius 2 is 1.19 bits per heavy atom. The Bertz CT molecular complexity index is 771. The van der Waals surface area contributed by atoms with Gasteiger partial charge in [0.25, 0.3) is 0 Å². The van der Waals surface area contributed by atoms with Crippen molar-refractivity contribution in [2.75, 3.05) is 0 Å². The van der Waals surface area contributed by atoms with E-state index in [1.807, 2.05) is 0 Å². The molecule has 0 nitrogen and oxygen atoms in total. The maximum Gasteiger partial charge on any atom is -0.0132 e. The molecule has 0 N–H and O–H groups in total. The highest BCUT2D eigenvalue weighted by Gasteiger charge is 2.13. The number of aryl methyl sites for hydroxylation is 1. The minimum absolute atomic E-state index is 0.198. The van der Waals surface area contributed by atoms with Crippen molar-refractivity contribution in [3.63, 3.8) is 0 Å². The van der Waals surface area contributed by atoms with Crippen molar-refractivity contribution in [2.45, 2.75) is 33.1 Å². The number of rotatable bonds is 1. The first kappa shape index (κ1) is 13.9. The van der Waals surface area contributed by atoms with Crippen LogP contribution in [0, 0.1) is 6.92 Å². The SMILES string of the molecule is Cc1ccc(-c2ccc3cc(C(C)(C)C)ccc3c2)cc1. The summed E-state index contributed by atoms with van der Waals surface area (Å²) in [4.78, 5) is 0. The van der Waals surface area contributed by atoms with Crippen LogP contribution in [0.25, 0.3) is 21.9 Å². The lowest BCUT2D eigenvalue weighted by atomic mass is 9.85. The summed E-state index contributed by atoms with van der Waals surface area (Å²) >= 11 is 0. The zero-order valence-electron chi connectivity index (χ0n) is 13.3. The van der Waals surface area contributed by atoms with Crippen LogP contribution in [0.5, 0.6) is 0 Å². The molecule has 0 aliphatic carbocycles. The van der Waals surface area contributed by atoms with Crippen molar-refractivity contribution in [1.29, 1.82) is 0 Å². The van der Waals surface area contributed by atoms with Crippen molar-refractivity contribution in [3.8, 4) is 11.1 Å². The molecule has 0 aromatic heterocycles. The molecule has 3 rings (SSSR count). The standard InChI is InChI=1S/C21H22/c1-15-5-7-16(8-6-15)17-9-10-19-14-20(21(2,3)4)12-11-18(19)13-17/h5-14H,1-4H3. The van der Waals surface area contributed by atoms with Crippen molar-refractivity contribution in [3.05, 3.63) is 71.8 Å². The summed E-state index contributed by atoms with van der Waals surface area (Å²) in [5.41, 5.74) is 5.45. The third-order valence-corrected chi connectivity index (χ3v) is 4.09. The Morgan fingerprint density at radius 1 is 0.619 bits per heavy atom. The van der Waals surface area contributed by atoms with Gasteiger partial charge in [0.15, 0.2) is 0 Å². The van der Waals surface area contributed by atoms with Crippen molar-refractivity contribution in [2.24, 2.45) is 0 Å². The van der Waals surface area contributed by atoms with E-state index in [2.05, 4.69) is 88.4 Å². The van der Waals surface area contributed by atoms with Gasteiger partial charge in [0.1, 0.15) is 0 Å². The van der Waals surface area contributed by atoms with E-state index in [-0.39, 0.29) is 5.41 Å². The Morgan fingerprint density at radius 3 is 1.86 bits per heavy atom. The fourth-order valence-electron chi connectivity index (χ4n) is 2.64. The molecule has 0 aliphatic heterocycles. The van der Waals surface area contributed by atoms with Crippen LogP contribution < -0.4 is 0 Å². The number of fused-ring (bicyclic) bond motifs is 1. The fourth-order valence-corrected chi connectivity index (χ4v) is 2.64. The molecule has 0 bridgehead atoms. The first-order valence-corrected chi connectivity index (χ1v) is 7.55. The molecule has 0 fully saturated rings. The Kier molecular flexibility index (Phi) is 3.33. The predicted octanol–water partition coefficient (Wildman–Crippen LogP) is 6.11. The van der Waals surface area contributed by atoms with Crippen LogP contribution in [0.15, 0.2) is 60.7 Å². The highest BCUT2D eigenvalue weighted by molar-refractivity contribution is 5.88. The van der Waals surface area contributed by atoms with E-state index in [4.69, 9.17) is 0 Å². The van der Waals surface area contributed by atoms with Crippen LogP contribution >= 0.6 is 0 Å². The molecule has 21 heavy (non-hydrogen) atoms. The van der Waals surface area contributed by atoms with Crippen LogP contribution in [0.4, 0.5) is 0 Å². The Balaban J connectivity index is 2.07. The van der Waals surface area contributed by atoms with E-state index >= 15 is 0 Å². The summed E-state index contributed by atoms with van der Waals surface area (Å²) in [6, 6.07) is 22.3. The summed E-state index contributed by atoms with van der Waals surface area (Å²) < 4.78 is 0. The molecule has 3 aromatic carbocycles. The molecule has 0 aliphatic rings. The van der Waals surface area contributed by atoms with E-state index < -0.39 is 0 Å². The van der Waals surface area contributed by atoms with E-state index in [0.29, 0.717) is 0 Å². The smallest absolute Gasteiger partial charge is 0.0132 e. The van der Waals surface area contributed by atoms with Gasteiger partial charge in [-0.05, 0) is 45.9 Å². The van der Waals surface area contributed by atoms with Gasteiger partial charge in [-0.15, -0.1) is 0 Å². The van der Waals surface area contributed by atoms with Gasteiger partial charge in [0, 0.05) is 0 Å². The molecule has 0 atom stereocenters. The normalized spacial score (nSPS) is 11.8. The summed E-state index contributed by atoms with van der Waals surface area (Å²) in [6.07, 6.45) is 0. The third kappa shape index (κ3) is 2.85. The minimum atomic E-state index is 0.198. The van der Waals surface area contributed by atoms with Gasteiger partial charge in [-0.1, -0.05) is 80.9 Å². The minimum Gasteiger partial charge on any atom is -0.0587 e. The van der Waals surface area contributed by atoms with Crippen molar-refractivity contribution < 1.29 is 0 Å². The van der Waals surface area contributed by atoms with Crippen LogP contribution in [0.3, 0.4) is 0 Å². The summed E-state index contributed by atoms with van der Waals surface area (Å²) in [5, 5.41) is 2.62. The molecule has 0 amide bonds. The third-order valence-electron chi connectivity index (χ3n) is 4.09. The topological polar surface area (TPSA) is 0 Å². The molecule has 0 spiro atoms. The van der Waals surface area contributed by atoms with Crippen LogP contribution in [-0.4, -0.2) is 0 Å². The van der Waals surface area contributed by atoms with E-state index in [1.165, 1.54) is 33.0 Å². The van der Waals surface area contributed by atoms with Gasteiger partial charge in [-0.2, -0.15) is 0 Å². The molecule has 0 saturated heterocycles. The van der Waals surface area contributed by atoms with Crippen LogP contribution in [0.1, 0.15) is 31.9 Å². The molecule has 3 aromatic rings. The van der Waals surface area contributed by atoms with E-state index in [1.54, 1.807) is 0 Å². The zero-order chi connectivity index (χ0) is 15.0. The molecule has 0 saturated carbocycles. The summed E-state index contributed by atoms with van der Waals surface area (Å²) in [7, 11) is 0. The maximum atomic E-state index is 2.31. The lowest BCUT2D eigenvalue weighted by Crippen LogP contribution is -2.10. The van der Waals surface area contributed by atoms with Crippen molar-refractivity contribution >= 4 is 10.8 Å². The zero-order valence-corrected chi connectivity index (χ0v) is 13.3. The molecule has 0 unspecified atom stereocenters. The van der Waals surface area contributed by atoms with Gasteiger partial charge in [0.2, 0.25) is 0 Å². The predicted molar refractivity (Wildman–Crippen MR) is 92.8 cm³/mol. The second-order valence-corrected chi connectivity index (χ2v) is 6.89. The quantitative estimate of drug-likeness (QED) is 0.502. The Labute approximate surface area is 127 Å². The first-order valence-electron chi connectivity index (χ1n) is 7.55. The second kappa shape index (κ2) is 5.04. The first-order chi connectivity index (χ1) is 9.93. The van der Waals surface area contributed by atoms with Gasteiger partial charge in [-0.25, -0.2) is 0 Å². The number of hydrogen-bond acceptors (Lipinski definition) is 0. The highest BCUT2D eigenvalue weighted by Crippen LogP contribution is 2.29. The monoisotopic (exact) mass is 274 g/mol. The lowest BCUT2D eigenvalue weighted by Gasteiger charge is -2.19.